The summed E-state index contributed by atoms with van der Waals surface area (Å²) in [4.78, 5) is 14.0. The molecule has 1 heterocycles. The molecule has 17 heavy (non-hydrogen) atoms. The number of nitrogen functional groups attached to an aromatic ring is 1. The van der Waals surface area contributed by atoms with E-state index in [2.05, 4.69) is 0 Å². The minimum Gasteiger partial charge on any atom is -0.399 e. The quantitative estimate of drug-likeness (QED) is 0.801. The summed E-state index contributed by atoms with van der Waals surface area (Å²) >= 11 is 0. The number of halogens is 1. The number of hydrogen-bond donors (Lipinski definition) is 1. The highest BCUT2D eigenvalue weighted by Crippen LogP contribution is 2.24. The normalized spacial score (nSPS) is 19.6. The highest BCUT2D eigenvalue weighted by atomic mass is 19.1. The van der Waals surface area contributed by atoms with Crippen LogP contribution in [0.4, 0.5) is 10.1 Å². The van der Waals surface area contributed by atoms with E-state index in [1.165, 1.54) is 18.2 Å². The standard InChI is InChI=1S/C13H17FN2O/c1-2-10-4-3-7-16(10)13(17)11-8-9(15)5-6-12(11)14/h5-6,8,10H,2-4,7,15H2,1H3. The van der Waals surface area contributed by atoms with Crippen LogP contribution >= 0.6 is 0 Å². The van der Waals surface area contributed by atoms with Crippen LogP contribution in [0.1, 0.15) is 36.5 Å². The zero-order valence-electron chi connectivity index (χ0n) is 9.95. The molecule has 0 aromatic heterocycles. The third-order valence-corrected chi connectivity index (χ3v) is 3.33. The van der Waals surface area contributed by atoms with Crippen molar-refractivity contribution in [3.05, 3.63) is 29.6 Å². The molecule has 0 radical (unpaired) electrons. The molecule has 1 aliphatic rings. The van der Waals surface area contributed by atoms with Crippen LogP contribution in [0.2, 0.25) is 0 Å². The van der Waals surface area contributed by atoms with Gasteiger partial charge in [-0.2, -0.15) is 0 Å². The van der Waals surface area contributed by atoms with Gasteiger partial charge in [-0.05, 0) is 37.5 Å². The minimum atomic E-state index is -0.494. The summed E-state index contributed by atoms with van der Waals surface area (Å²) in [5.74, 6) is -0.731. The Kier molecular flexibility index (Phi) is 3.31. The molecule has 0 aliphatic carbocycles. The molecule has 3 nitrogen and oxygen atoms in total. The lowest BCUT2D eigenvalue weighted by Crippen LogP contribution is -2.35. The van der Waals surface area contributed by atoms with Crippen LogP contribution in [0.3, 0.4) is 0 Å². The monoisotopic (exact) mass is 236 g/mol. The summed E-state index contributed by atoms with van der Waals surface area (Å²) in [5, 5.41) is 0. The summed E-state index contributed by atoms with van der Waals surface area (Å²) in [7, 11) is 0. The lowest BCUT2D eigenvalue weighted by Gasteiger charge is -2.24. The second-order valence-corrected chi connectivity index (χ2v) is 4.44. The van der Waals surface area contributed by atoms with Gasteiger partial charge in [0.15, 0.2) is 0 Å². The molecule has 0 bridgehead atoms. The summed E-state index contributed by atoms with van der Waals surface area (Å²) in [6.45, 7) is 2.76. The van der Waals surface area contributed by atoms with Crippen LogP contribution in [-0.4, -0.2) is 23.4 Å². The molecule has 2 rings (SSSR count). The molecule has 1 aromatic rings. The van der Waals surface area contributed by atoms with E-state index in [0.29, 0.717) is 12.2 Å². The number of anilines is 1. The van der Waals surface area contributed by atoms with Gasteiger partial charge in [0.05, 0.1) is 5.56 Å². The van der Waals surface area contributed by atoms with E-state index >= 15 is 0 Å². The molecule has 4 heteroatoms. The van der Waals surface area contributed by atoms with Crippen LogP contribution in [0.5, 0.6) is 0 Å². The van der Waals surface area contributed by atoms with Crippen LogP contribution in [0, 0.1) is 5.82 Å². The topological polar surface area (TPSA) is 46.3 Å². The lowest BCUT2D eigenvalue weighted by atomic mass is 10.1. The van der Waals surface area contributed by atoms with E-state index < -0.39 is 5.82 Å². The fourth-order valence-electron chi connectivity index (χ4n) is 2.39. The molecule has 1 aromatic carbocycles. The van der Waals surface area contributed by atoms with Crippen LogP contribution in [-0.2, 0) is 0 Å². The number of amides is 1. The zero-order chi connectivity index (χ0) is 12.4. The molecule has 1 unspecified atom stereocenters. The maximum Gasteiger partial charge on any atom is 0.257 e. The Balaban J connectivity index is 2.27. The van der Waals surface area contributed by atoms with Crippen molar-refractivity contribution >= 4 is 11.6 Å². The fourth-order valence-corrected chi connectivity index (χ4v) is 2.39. The predicted molar refractivity (Wildman–Crippen MR) is 65.2 cm³/mol. The van der Waals surface area contributed by atoms with Crippen molar-refractivity contribution in [1.82, 2.24) is 4.90 Å². The Morgan fingerprint density at radius 2 is 2.35 bits per heavy atom. The first kappa shape index (κ1) is 11.9. The van der Waals surface area contributed by atoms with E-state index in [-0.39, 0.29) is 17.5 Å². The van der Waals surface area contributed by atoms with E-state index in [1.54, 1.807) is 4.90 Å². The molecule has 1 fully saturated rings. The summed E-state index contributed by atoms with van der Waals surface area (Å²) in [5.41, 5.74) is 6.10. The van der Waals surface area contributed by atoms with Gasteiger partial charge in [-0.3, -0.25) is 4.79 Å². The number of hydrogen-bond acceptors (Lipinski definition) is 2. The number of nitrogens with two attached hydrogens (primary N) is 1. The molecule has 1 aliphatic heterocycles. The smallest absolute Gasteiger partial charge is 0.257 e. The average Bonchev–Trinajstić information content (AvgIpc) is 2.79. The average molecular weight is 236 g/mol. The molecule has 0 saturated carbocycles. The van der Waals surface area contributed by atoms with Crippen molar-refractivity contribution in [3.8, 4) is 0 Å². The van der Waals surface area contributed by atoms with Crippen molar-refractivity contribution < 1.29 is 9.18 Å². The van der Waals surface area contributed by atoms with E-state index in [1.807, 2.05) is 6.92 Å². The van der Waals surface area contributed by atoms with Crippen molar-refractivity contribution in [2.24, 2.45) is 0 Å². The second-order valence-electron chi connectivity index (χ2n) is 4.44. The SMILES string of the molecule is CCC1CCCN1C(=O)c1cc(N)ccc1F. The van der Waals surface area contributed by atoms with Gasteiger partial charge >= 0.3 is 0 Å². The minimum absolute atomic E-state index is 0.0883. The van der Waals surface area contributed by atoms with Gasteiger partial charge in [-0.15, -0.1) is 0 Å². The number of likely N-dealkylation sites (tertiary alicyclic amines) is 1. The Morgan fingerprint density at radius 1 is 1.59 bits per heavy atom. The summed E-state index contributed by atoms with van der Waals surface area (Å²) < 4.78 is 13.6. The van der Waals surface area contributed by atoms with Gasteiger partial charge in [0.1, 0.15) is 5.82 Å². The molecule has 2 N–H and O–H groups in total. The fraction of sp³-hybridized carbons (Fsp3) is 0.462. The molecular formula is C13H17FN2O. The van der Waals surface area contributed by atoms with E-state index in [4.69, 9.17) is 5.73 Å². The van der Waals surface area contributed by atoms with Gasteiger partial charge in [0.25, 0.3) is 5.91 Å². The Morgan fingerprint density at radius 3 is 3.06 bits per heavy atom. The molecular weight excluding hydrogens is 219 g/mol. The second kappa shape index (κ2) is 4.73. The van der Waals surface area contributed by atoms with Crippen molar-refractivity contribution in [3.63, 3.8) is 0 Å². The highest BCUT2D eigenvalue weighted by molar-refractivity contribution is 5.95. The lowest BCUT2D eigenvalue weighted by molar-refractivity contribution is 0.0729. The first-order valence-electron chi connectivity index (χ1n) is 5.99. The van der Waals surface area contributed by atoms with E-state index in [0.717, 1.165) is 19.3 Å². The van der Waals surface area contributed by atoms with Gasteiger partial charge in [-0.1, -0.05) is 6.92 Å². The maximum atomic E-state index is 13.6. The van der Waals surface area contributed by atoms with Crippen LogP contribution in [0.15, 0.2) is 18.2 Å². The largest absolute Gasteiger partial charge is 0.399 e. The summed E-state index contributed by atoms with van der Waals surface area (Å²) in [6.07, 6.45) is 2.91. The first-order valence-corrected chi connectivity index (χ1v) is 5.99. The van der Waals surface area contributed by atoms with Crippen LogP contribution < -0.4 is 5.73 Å². The first-order chi connectivity index (χ1) is 8.13. The summed E-state index contributed by atoms with van der Waals surface area (Å²) in [6, 6.07) is 4.37. The Bertz CT molecular complexity index is 433. The highest BCUT2D eigenvalue weighted by Gasteiger charge is 2.29. The van der Waals surface area contributed by atoms with Crippen molar-refractivity contribution in [2.75, 3.05) is 12.3 Å². The zero-order valence-corrected chi connectivity index (χ0v) is 9.95. The molecule has 1 amide bonds. The third kappa shape index (κ3) is 2.25. The molecule has 0 spiro atoms. The maximum absolute atomic E-state index is 13.6. The van der Waals surface area contributed by atoms with Gasteiger partial charge in [0, 0.05) is 18.3 Å². The number of benzene rings is 1. The Hall–Kier alpha value is -1.58. The number of carbonyl (C=O) groups is 1. The van der Waals surface area contributed by atoms with Crippen LogP contribution in [0.25, 0.3) is 0 Å². The van der Waals surface area contributed by atoms with E-state index in [9.17, 15) is 9.18 Å². The molecule has 92 valence electrons. The number of rotatable bonds is 2. The van der Waals surface area contributed by atoms with Gasteiger partial charge in [0.2, 0.25) is 0 Å². The molecule has 1 atom stereocenters. The van der Waals surface area contributed by atoms with Crippen molar-refractivity contribution in [2.45, 2.75) is 32.2 Å². The number of carbonyl (C=O) groups excluding carboxylic acids is 1. The molecule has 1 saturated heterocycles. The number of nitrogens with zero attached hydrogens (tertiary/aromatic N) is 1. The van der Waals surface area contributed by atoms with Crippen molar-refractivity contribution in [1.29, 1.82) is 0 Å². The van der Waals surface area contributed by atoms with Gasteiger partial charge in [-0.25, -0.2) is 4.39 Å². The predicted octanol–water partition coefficient (Wildman–Crippen LogP) is 2.42. The third-order valence-electron chi connectivity index (χ3n) is 3.33. The Labute approximate surface area is 100 Å². The van der Waals surface area contributed by atoms with Gasteiger partial charge < -0.3 is 10.6 Å².